The predicted octanol–water partition coefficient (Wildman–Crippen LogP) is 1.81. The van der Waals surface area contributed by atoms with Gasteiger partial charge in [0.1, 0.15) is 17.0 Å². The van der Waals surface area contributed by atoms with E-state index >= 15 is 0 Å². The van der Waals surface area contributed by atoms with E-state index in [-0.39, 0.29) is 11.4 Å². The monoisotopic (exact) mass is 242 g/mol. The normalized spacial score (nSPS) is 10.7. The highest BCUT2D eigenvalue weighted by molar-refractivity contribution is 5.64. The molecule has 0 amide bonds. The van der Waals surface area contributed by atoms with E-state index in [1.54, 1.807) is 41.3 Å². The number of hydrogen-bond donors (Lipinski definition) is 2. The first kappa shape index (κ1) is 10.4. The number of fused-ring (bicyclic) bond motifs is 1. The zero-order valence-electron chi connectivity index (χ0n) is 9.32. The zero-order valence-corrected chi connectivity index (χ0v) is 9.32. The van der Waals surface area contributed by atoms with Crippen LogP contribution in [-0.4, -0.2) is 19.7 Å². The smallest absolute Gasteiger partial charge is 0.245 e. The van der Waals surface area contributed by atoms with Crippen molar-refractivity contribution in [3.63, 3.8) is 0 Å². The van der Waals surface area contributed by atoms with Gasteiger partial charge in [-0.15, -0.1) is 0 Å². The Balaban J connectivity index is 2.06. The number of benzene rings is 1. The van der Waals surface area contributed by atoms with Crippen molar-refractivity contribution in [2.24, 2.45) is 0 Å². The summed E-state index contributed by atoms with van der Waals surface area (Å²) in [6.07, 6.45) is 4.94. The van der Waals surface area contributed by atoms with E-state index in [0.717, 1.165) is 5.52 Å². The first-order chi connectivity index (χ1) is 8.75. The number of nitrogens with zero attached hydrogens (tertiary/aromatic N) is 3. The molecule has 2 heterocycles. The highest BCUT2D eigenvalue weighted by Crippen LogP contribution is 2.33. The van der Waals surface area contributed by atoms with Crippen LogP contribution < -0.4 is 10.5 Å². The number of ether oxygens (including phenoxy) is 1. The summed E-state index contributed by atoms with van der Waals surface area (Å²) in [5.41, 5.74) is 6.63. The van der Waals surface area contributed by atoms with Crippen LogP contribution >= 0.6 is 0 Å². The summed E-state index contributed by atoms with van der Waals surface area (Å²) >= 11 is 0. The third-order valence-electron chi connectivity index (χ3n) is 2.54. The molecule has 0 saturated heterocycles. The Bertz CT molecular complexity index is 708. The summed E-state index contributed by atoms with van der Waals surface area (Å²) in [6, 6.07) is 6.59. The molecule has 1 aromatic carbocycles. The Morgan fingerprint density at radius 3 is 3.00 bits per heavy atom. The minimum absolute atomic E-state index is 0.0204. The number of phenolic OH excluding ortho intramolecular Hbond substituents is 1. The molecule has 0 aliphatic rings. The summed E-state index contributed by atoms with van der Waals surface area (Å²) < 4.78 is 7.24. The van der Waals surface area contributed by atoms with Crippen molar-refractivity contribution in [2.45, 2.75) is 0 Å². The van der Waals surface area contributed by atoms with Crippen LogP contribution in [0.1, 0.15) is 0 Å². The summed E-state index contributed by atoms with van der Waals surface area (Å²) in [5.74, 6) is 0.719. The Labute approximate surface area is 102 Å². The molecule has 0 saturated carbocycles. The Morgan fingerprint density at radius 2 is 2.11 bits per heavy atom. The molecule has 3 rings (SSSR count). The molecule has 0 atom stereocenters. The van der Waals surface area contributed by atoms with E-state index in [9.17, 15) is 5.11 Å². The summed E-state index contributed by atoms with van der Waals surface area (Å²) in [7, 11) is 0. The molecule has 6 nitrogen and oxygen atoms in total. The number of nitrogens with two attached hydrogens (primary N) is 1. The molecule has 90 valence electrons. The second kappa shape index (κ2) is 3.92. The van der Waals surface area contributed by atoms with E-state index in [2.05, 4.69) is 10.1 Å². The molecular weight excluding hydrogens is 232 g/mol. The van der Waals surface area contributed by atoms with Crippen molar-refractivity contribution in [1.82, 2.24) is 14.6 Å². The lowest BCUT2D eigenvalue weighted by Crippen LogP contribution is -1.96. The summed E-state index contributed by atoms with van der Waals surface area (Å²) in [4.78, 5) is 4.12. The van der Waals surface area contributed by atoms with Gasteiger partial charge in [0.2, 0.25) is 5.88 Å². The second-order valence-electron chi connectivity index (χ2n) is 3.68. The van der Waals surface area contributed by atoms with E-state index in [0.29, 0.717) is 11.6 Å². The van der Waals surface area contributed by atoms with Crippen LogP contribution in [0.3, 0.4) is 0 Å². The van der Waals surface area contributed by atoms with Gasteiger partial charge in [-0.3, -0.25) is 0 Å². The molecule has 2 aromatic heterocycles. The molecular formula is C12H10N4O2. The third-order valence-corrected chi connectivity index (χ3v) is 2.54. The largest absolute Gasteiger partial charge is 0.506 e. The minimum atomic E-state index is -0.0204. The van der Waals surface area contributed by atoms with Crippen LogP contribution in [0.5, 0.6) is 17.4 Å². The lowest BCUT2D eigenvalue weighted by Gasteiger charge is -2.09. The molecule has 0 aliphatic carbocycles. The van der Waals surface area contributed by atoms with E-state index < -0.39 is 0 Å². The Morgan fingerprint density at radius 1 is 1.22 bits per heavy atom. The number of nitrogen functional groups attached to an aromatic ring is 1. The van der Waals surface area contributed by atoms with Gasteiger partial charge in [-0.25, -0.2) is 9.50 Å². The maximum absolute atomic E-state index is 9.51. The first-order valence-corrected chi connectivity index (χ1v) is 5.29. The van der Waals surface area contributed by atoms with Crippen molar-refractivity contribution < 1.29 is 9.84 Å². The minimum Gasteiger partial charge on any atom is -0.506 e. The van der Waals surface area contributed by atoms with Crippen molar-refractivity contribution in [3.05, 3.63) is 42.9 Å². The highest BCUT2D eigenvalue weighted by atomic mass is 16.5. The zero-order chi connectivity index (χ0) is 12.5. The van der Waals surface area contributed by atoms with Gasteiger partial charge in [0, 0.05) is 12.4 Å². The average molecular weight is 242 g/mol. The van der Waals surface area contributed by atoms with Crippen molar-refractivity contribution >= 4 is 11.2 Å². The fourth-order valence-corrected chi connectivity index (χ4v) is 1.64. The number of phenols is 1. The standard InChI is InChI=1S/C12H10N4O2/c13-11-9(17)2-1-3-10(11)18-12-8-4-5-15-16(8)7-6-14-12/h1-7,17H,13H2. The molecule has 0 bridgehead atoms. The molecule has 3 N–H and O–H groups in total. The van der Waals surface area contributed by atoms with Gasteiger partial charge in [-0.05, 0) is 18.2 Å². The van der Waals surface area contributed by atoms with Gasteiger partial charge in [-0.2, -0.15) is 5.10 Å². The molecule has 0 fully saturated rings. The quantitative estimate of drug-likeness (QED) is 0.528. The number of anilines is 1. The number of aromatic hydroxyl groups is 1. The van der Waals surface area contributed by atoms with Gasteiger partial charge < -0.3 is 15.6 Å². The number of rotatable bonds is 2. The predicted molar refractivity (Wildman–Crippen MR) is 65.6 cm³/mol. The van der Waals surface area contributed by atoms with E-state index in [4.69, 9.17) is 10.5 Å². The molecule has 0 aliphatic heterocycles. The van der Waals surface area contributed by atoms with Crippen LogP contribution in [0.25, 0.3) is 5.52 Å². The molecule has 18 heavy (non-hydrogen) atoms. The van der Waals surface area contributed by atoms with Crippen molar-refractivity contribution in [2.75, 3.05) is 5.73 Å². The SMILES string of the molecule is Nc1c(O)cccc1Oc1nccn2nccc12. The van der Waals surface area contributed by atoms with E-state index in [1.165, 1.54) is 6.07 Å². The Kier molecular flexibility index (Phi) is 2.26. The molecule has 0 radical (unpaired) electrons. The maximum Gasteiger partial charge on any atom is 0.245 e. The van der Waals surface area contributed by atoms with Crippen molar-refractivity contribution in [3.8, 4) is 17.4 Å². The topological polar surface area (TPSA) is 85.7 Å². The second-order valence-corrected chi connectivity index (χ2v) is 3.68. The highest BCUT2D eigenvalue weighted by Gasteiger charge is 2.09. The Hall–Kier alpha value is -2.76. The number of aromatic nitrogens is 3. The summed E-state index contributed by atoms with van der Waals surface area (Å²) in [5, 5.41) is 13.6. The van der Waals surface area contributed by atoms with Crippen LogP contribution in [-0.2, 0) is 0 Å². The third kappa shape index (κ3) is 1.60. The number of para-hydroxylation sites is 1. The van der Waals surface area contributed by atoms with Gasteiger partial charge in [0.25, 0.3) is 0 Å². The van der Waals surface area contributed by atoms with Gasteiger partial charge in [0.15, 0.2) is 5.75 Å². The average Bonchev–Trinajstić information content (AvgIpc) is 2.84. The van der Waals surface area contributed by atoms with Gasteiger partial charge in [-0.1, -0.05) is 6.07 Å². The van der Waals surface area contributed by atoms with Crippen LogP contribution in [0.4, 0.5) is 5.69 Å². The molecule has 3 aromatic rings. The van der Waals surface area contributed by atoms with Gasteiger partial charge in [0.05, 0.1) is 6.20 Å². The van der Waals surface area contributed by atoms with Crippen LogP contribution in [0.15, 0.2) is 42.9 Å². The van der Waals surface area contributed by atoms with Gasteiger partial charge >= 0.3 is 0 Å². The molecule has 6 heteroatoms. The van der Waals surface area contributed by atoms with Crippen molar-refractivity contribution in [1.29, 1.82) is 0 Å². The lowest BCUT2D eigenvalue weighted by molar-refractivity contribution is 0.451. The fourth-order valence-electron chi connectivity index (χ4n) is 1.64. The first-order valence-electron chi connectivity index (χ1n) is 5.29. The molecule has 0 unspecified atom stereocenters. The summed E-state index contributed by atoms with van der Waals surface area (Å²) in [6.45, 7) is 0. The lowest BCUT2D eigenvalue weighted by atomic mass is 10.3. The van der Waals surface area contributed by atoms with Crippen LogP contribution in [0, 0.1) is 0 Å². The maximum atomic E-state index is 9.51. The molecule has 0 spiro atoms. The number of hydrogen-bond acceptors (Lipinski definition) is 5. The van der Waals surface area contributed by atoms with Crippen LogP contribution in [0.2, 0.25) is 0 Å². The fraction of sp³-hybridized carbons (Fsp3) is 0. The van der Waals surface area contributed by atoms with E-state index in [1.807, 2.05) is 0 Å².